The van der Waals surface area contributed by atoms with Crippen molar-refractivity contribution in [2.24, 2.45) is 0 Å². The van der Waals surface area contributed by atoms with Gasteiger partial charge in [-0.25, -0.2) is 13.2 Å². The minimum absolute atomic E-state index is 0.0832. The Balaban J connectivity index is 2.40. The zero-order valence-electron chi connectivity index (χ0n) is 11.4. The molecule has 0 unspecified atom stereocenters. The summed E-state index contributed by atoms with van der Waals surface area (Å²) < 4.78 is 25.1. The Bertz CT molecular complexity index is 882. The van der Waals surface area contributed by atoms with Crippen molar-refractivity contribution in [3.8, 4) is 0 Å². The molecule has 7 nitrogen and oxygen atoms in total. The van der Waals surface area contributed by atoms with E-state index in [4.69, 9.17) is 16.7 Å². The third kappa shape index (κ3) is 3.49. The SMILES string of the molecule is O=C(O)C(=O)CC(=O)c1c[nH]cc1S(=O)(=O)c1ccc(Cl)cc1. The average molecular weight is 356 g/mol. The first kappa shape index (κ1) is 16.9. The third-order valence-electron chi connectivity index (χ3n) is 2.98. The van der Waals surface area contributed by atoms with E-state index in [1.165, 1.54) is 24.3 Å². The summed E-state index contributed by atoms with van der Waals surface area (Å²) >= 11 is 5.71. The molecule has 0 saturated carbocycles. The minimum Gasteiger partial charge on any atom is -0.475 e. The van der Waals surface area contributed by atoms with E-state index in [0.29, 0.717) is 5.02 Å². The fraction of sp³-hybridized carbons (Fsp3) is 0.0714. The van der Waals surface area contributed by atoms with E-state index in [0.717, 1.165) is 12.4 Å². The molecule has 23 heavy (non-hydrogen) atoms. The first-order chi connectivity index (χ1) is 10.7. The largest absolute Gasteiger partial charge is 0.475 e. The summed E-state index contributed by atoms with van der Waals surface area (Å²) in [5, 5.41) is 8.87. The number of Topliss-reactive ketones (excluding diaryl/α,β-unsaturated/α-hetero) is 2. The van der Waals surface area contributed by atoms with Crippen LogP contribution in [0.2, 0.25) is 5.02 Å². The van der Waals surface area contributed by atoms with E-state index < -0.39 is 33.8 Å². The van der Waals surface area contributed by atoms with Crippen LogP contribution in [0.5, 0.6) is 0 Å². The number of carbonyl (C=O) groups excluding carboxylic acids is 2. The van der Waals surface area contributed by atoms with Gasteiger partial charge in [-0.15, -0.1) is 0 Å². The van der Waals surface area contributed by atoms with Gasteiger partial charge in [0.05, 0.1) is 21.8 Å². The lowest BCUT2D eigenvalue weighted by Gasteiger charge is -2.05. The van der Waals surface area contributed by atoms with Crippen molar-refractivity contribution in [1.29, 1.82) is 0 Å². The number of sulfone groups is 1. The second-order valence-corrected chi connectivity index (χ2v) is 6.87. The number of ketones is 2. The molecule has 2 aromatic rings. The predicted octanol–water partition coefficient (Wildman–Crippen LogP) is 1.73. The molecule has 1 aromatic heterocycles. The maximum absolute atomic E-state index is 12.5. The normalized spacial score (nSPS) is 11.2. The number of nitrogens with one attached hydrogen (secondary N) is 1. The second kappa shape index (κ2) is 6.35. The van der Waals surface area contributed by atoms with Crippen LogP contribution in [-0.4, -0.2) is 36.0 Å². The van der Waals surface area contributed by atoms with Gasteiger partial charge in [0.25, 0.3) is 0 Å². The van der Waals surface area contributed by atoms with Crippen LogP contribution in [0.4, 0.5) is 0 Å². The molecule has 0 radical (unpaired) electrons. The highest BCUT2D eigenvalue weighted by atomic mass is 35.5. The third-order valence-corrected chi connectivity index (χ3v) is 5.04. The average Bonchev–Trinajstić information content (AvgIpc) is 2.97. The van der Waals surface area contributed by atoms with Crippen molar-refractivity contribution < 1.29 is 27.9 Å². The van der Waals surface area contributed by atoms with Gasteiger partial charge in [0, 0.05) is 17.4 Å². The topological polar surface area (TPSA) is 121 Å². The number of rotatable bonds is 6. The molecule has 0 aliphatic rings. The number of hydrogen-bond acceptors (Lipinski definition) is 5. The van der Waals surface area contributed by atoms with Crippen LogP contribution in [0, 0.1) is 0 Å². The van der Waals surface area contributed by atoms with Crippen molar-refractivity contribution in [2.45, 2.75) is 16.2 Å². The van der Waals surface area contributed by atoms with E-state index in [2.05, 4.69) is 4.98 Å². The lowest BCUT2D eigenvalue weighted by atomic mass is 10.1. The Morgan fingerprint density at radius 1 is 1.09 bits per heavy atom. The molecule has 2 N–H and O–H groups in total. The highest BCUT2D eigenvalue weighted by Crippen LogP contribution is 2.26. The standard InChI is InChI=1S/C14H10ClNO6S/c15-8-1-3-9(4-2-8)23(21,22)13-7-16-6-10(13)11(17)5-12(18)14(19)20/h1-4,6-7,16H,5H2,(H,19,20). The summed E-state index contributed by atoms with van der Waals surface area (Å²) in [6, 6.07) is 5.33. The lowest BCUT2D eigenvalue weighted by Crippen LogP contribution is -2.18. The molecule has 1 aromatic carbocycles. The Hall–Kier alpha value is -2.45. The number of H-pyrrole nitrogens is 1. The van der Waals surface area contributed by atoms with Crippen LogP contribution in [-0.2, 0) is 19.4 Å². The van der Waals surface area contributed by atoms with Gasteiger partial charge in [0.1, 0.15) is 0 Å². The van der Waals surface area contributed by atoms with Gasteiger partial charge >= 0.3 is 5.97 Å². The molecule has 1 heterocycles. The lowest BCUT2D eigenvalue weighted by molar-refractivity contribution is -0.148. The molecule has 0 aliphatic heterocycles. The van der Waals surface area contributed by atoms with Crippen molar-refractivity contribution in [1.82, 2.24) is 4.98 Å². The maximum atomic E-state index is 12.5. The van der Waals surface area contributed by atoms with Crippen LogP contribution in [0.15, 0.2) is 46.5 Å². The number of halogens is 1. The number of carboxylic acids is 1. The van der Waals surface area contributed by atoms with Gasteiger partial charge in [-0.2, -0.15) is 0 Å². The number of aromatic amines is 1. The molecule has 0 amide bonds. The maximum Gasteiger partial charge on any atom is 0.372 e. The van der Waals surface area contributed by atoms with Crippen molar-refractivity contribution in [3.05, 3.63) is 47.2 Å². The summed E-state index contributed by atoms with van der Waals surface area (Å²) in [4.78, 5) is 35.7. The molecule has 0 fully saturated rings. The quantitative estimate of drug-likeness (QED) is 0.462. The predicted molar refractivity (Wildman–Crippen MR) is 79.3 cm³/mol. The number of carbonyl (C=O) groups is 3. The zero-order valence-corrected chi connectivity index (χ0v) is 13.0. The van der Waals surface area contributed by atoms with Gasteiger partial charge in [0.2, 0.25) is 15.6 Å². The number of aromatic nitrogens is 1. The van der Waals surface area contributed by atoms with Crippen molar-refractivity contribution >= 4 is 39.0 Å². The molecule has 2 rings (SSSR count). The fourth-order valence-electron chi connectivity index (χ4n) is 1.85. The summed E-state index contributed by atoms with van der Waals surface area (Å²) in [6.07, 6.45) is 1.29. The Morgan fingerprint density at radius 3 is 2.26 bits per heavy atom. The van der Waals surface area contributed by atoms with Crippen LogP contribution < -0.4 is 0 Å². The van der Waals surface area contributed by atoms with E-state index in [9.17, 15) is 22.8 Å². The number of aliphatic carboxylic acids is 1. The molecule has 9 heteroatoms. The monoisotopic (exact) mass is 355 g/mol. The first-order valence-corrected chi connectivity index (χ1v) is 8.06. The Kier molecular flexibility index (Phi) is 4.67. The minimum atomic E-state index is -4.01. The smallest absolute Gasteiger partial charge is 0.372 e. The molecule has 0 atom stereocenters. The van der Waals surface area contributed by atoms with Crippen LogP contribution in [0.1, 0.15) is 16.8 Å². The van der Waals surface area contributed by atoms with Crippen molar-refractivity contribution in [2.75, 3.05) is 0 Å². The van der Waals surface area contributed by atoms with E-state index in [1.807, 2.05) is 0 Å². The van der Waals surface area contributed by atoms with E-state index in [1.54, 1.807) is 0 Å². The molecule has 0 spiro atoms. The second-order valence-electron chi connectivity index (χ2n) is 4.52. The molecular weight excluding hydrogens is 346 g/mol. The molecule has 0 aliphatic carbocycles. The van der Waals surface area contributed by atoms with Crippen molar-refractivity contribution in [3.63, 3.8) is 0 Å². The zero-order chi connectivity index (χ0) is 17.2. The number of benzene rings is 1. The summed E-state index contributed by atoms with van der Waals surface area (Å²) in [7, 11) is -4.01. The van der Waals surface area contributed by atoms with Crippen LogP contribution in [0.3, 0.4) is 0 Å². The number of hydrogen-bond donors (Lipinski definition) is 2. The molecule has 120 valence electrons. The van der Waals surface area contributed by atoms with Gasteiger partial charge < -0.3 is 10.1 Å². The highest BCUT2D eigenvalue weighted by molar-refractivity contribution is 7.91. The summed E-state index contributed by atoms with van der Waals surface area (Å²) in [5.41, 5.74) is -0.269. The summed E-state index contributed by atoms with van der Waals surface area (Å²) in [5.74, 6) is -3.96. The fourth-order valence-corrected chi connectivity index (χ4v) is 3.41. The van der Waals surface area contributed by atoms with Gasteiger partial charge in [-0.05, 0) is 24.3 Å². The van der Waals surface area contributed by atoms with Gasteiger partial charge in [-0.1, -0.05) is 11.6 Å². The Morgan fingerprint density at radius 2 is 1.70 bits per heavy atom. The van der Waals surface area contributed by atoms with Gasteiger partial charge in [0.15, 0.2) is 5.78 Å². The highest BCUT2D eigenvalue weighted by Gasteiger charge is 2.27. The molecule has 0 saturated heterocycles. The van der Waals surface area contributed by atoms with Crippen LogP contribution in [0.25, 0.3) is 0 Å². The van der Waals surface area contributed by atoms with Gasteiger partial charge in [-0.3, -0.25) is 9.59 Å². The molecular formula is C14H10ClNO6S. The summed E-state index contributed by atoms with van der Waals surface area (Å²) in [6.45, 7) is 0. The number of carboxylic acid groups (broad SMARTS) is 1. The molecule has 0 bridgehead atoms. The first-order valence-electron chi connectivity index (χ1n) is 6.20. The van der Waals surface area contributed by atoms with E-state index in [-0.39, 0.29) is 15.4 Å². The Labute approximate surface area is 135 Å². The van der Waals surface area contributed by atoms with E-state index >= 15 is 0 Å². The van der Waals surface area contributed by atoms with Crippen LogP contribution >= 0.6 is 11.6 Å².